The Morgan fingerprint density at radius 1 is 1.19 bits per heavy atom. The first-order valence-corrected chi connectivity index (χ1v) is 5.39. The van der Waals surface area contributed by atoms with E-state index in [4.69, 9.17) is 15.0 Å². The molecule has 1 aliphatic carbocycles. The molecule has 1 aliphatic heterocycles. The maximum atomic E-state index is 8.36. The van der Waals surface area contributed by atoms with E-state index in [1.807, 2.05) is 0 Å². The van der Waals surface area contributed by atoms with Gasteiger partial charge in [0.15, 0.2) is 11.5 Å². The lowest BCUT2D eigenvalue weighted by Gasteiger charge is -2.21. The van der Waals surface area contributed by atoms with Crippen molar-refractivity contribution in [2.45, 2.75) is 31.5 Å². The van der Waals surface area contributed by atoms with Crippen molar-refractivity contribution in [3.05, 3.63) is 28.6 Å². The summed E-state index contributed by atoms with van der Waals surface area (Å²) in [6.45, 7) is 0. The molecule has 0 amide bonds. The Morgan fingerprint density at radius 2 is 1.94 bits per heavy atom. The lowest BCUT2D eigenvalue weighted by atomic mass is 10.2. The zero-order chi connectivity index (χ0) is 11.0. The normalized spacial score (nSPS) is 19.8. The molecule has 1 spiro atoms. The fraction of sp³-hybridized carbons (Fsp3) is 0.455. The quantitative estimate of drug-likeness (QED) is 0.409. The fourth-order valence-corrected chi connectivity index (χ4v) is 2.31. The van der Waals surface area contributed by atoms with Crippen molar-refractivity contribution in [3.8, 4) is 11.5 Å². The third-order valence-electron chi connectivity index (χ3n) is 3.04. The summed E-state index contributed by atoms with van der Waals surface area (Å²) in [6, 6.07) is 5.25. The molecule has 0 unspecified atom stereocenters. The Hall–Kier alpha value is -1.87. The number of benzene rings is 1. The maximum Gasteiger partial charge on any atom is 0.251 e. The highest BCUT2D eigenvalue weighted by atomic mass is 16.7. The van der Waals surface area contributed by atoms with Crippen LogP contribution in [0.5, 0.6) is 11.5 Å². The van der Waals surface area contributed by atoms with Crippen molar-refractivity contribution in [2.24, 2.45) is 5.11 Å². The van der Waals surface area contributed by atoms with Crippen LogP contribution in [0.1, 0.15) is 25.7 Å². The fourth-order valence-electron chi connectivity index (χ4n) is 2.31. The van der Waals surface area contributed by atoms with Gasteiger partial charge in [-0.05, 0) is 36.6 Å². The van der Waals surface area contributed by atoms with E-state index in [9.17, 15) is 0 Å². The van der Waals surface area contributed by atoms with Crippen molar-refractivity contribution < 1.29 is 9.47 Å². The van der Waals surface area contributed by atoms with Crippen LogP contribution in [0.25, 0.3) is 10.4 Å². The molecular formula is C11H11N3O2. The van der Waals surface area contributed by atoms with Gasteiger partial charge in [-0.2, -0.15) is 0 Å². The first-order chi connectivity index (χ1) is 7.81. The zero-order valence-corrected chi connectivity index (χ0v) is 8.72. The second-order valence-electron chi connectivity index (χ2n) is 4.14. The average molecular weight is 217 g/mol. The Balaban J connectivity index is 1.94. The predicted octanol–water partition coefficient (Wildman–Crippen LogP) is 3.67. The van der Waals surface area contributed by atoms with Crippen LogP contribution in [0.2, 0.25) is 0 Å². The van der Waals surface area contributed by atoms with Gasteiger partial charge in [-0.3, -0.25) is 0 Å². The molecule has 1 heterocycles. The zero-order valence-electron chi connectivity index (χ0n) is 8.72. The van der Waals surface area contributed by atoms with Crippen molar-refractivity contribution >= 4 is 5.69 Å². The second kappa shape index (κ2) is 3.32. The van der Waals surface area contributed by atoms with Gasteiger partial charge < -0.3 is 9.47 Å². The number of azide groups is 1. The third kappa shape index (κ3) is 1.37. The van der Waals surface area contributed by atoms with Crippen LogP contribution < -0.4 is 9.47 Å². The van der Waals surface area contributed by atoms with Crippen molar-refractivity contribution in [1.29, 1.82) is 0 Å². The summed E-state index contributed by atoms with van der Waals surface area (Å²) < 4.78 is 11.7. The number of fused-ring (bicyclic) bond motifs is 1. The molecule has 2 aliphatic rings. The van der Waals surface area contributed by atoms with Crippen LogP contribution in [-0.4, -0.2) is 5.79 Å². The van der Waals surface area contributed by atoms with E-state index in [-0.39, 0.29) is 0 Å². The van der Waals surface area contributed by atoms with E-state index in [0.717, 1.165) is 31.4 Å². The molecule has 1 aromatic carbocycles. The first-order valence-electron chi connectivity index (χ1n) is 5.39. The highest BCUT2D eigenvalue weighted by Crippen LogP contribution is 2.47. The van der Waals surface area contributed by atoms with E-state index in [2.05, 4.69) is 10.0 Å². The van der Waals surface area contributed by atoms with E-state index in [1.165, 1.54) is 0 Å². The molecule has 1 fully saturated rings. The Kier molecular flexibility index (Phi) is 1.94. The molecule has 5 heteroatoms. The minimum absolute atomic E-state index is 0.447. The van der Waals surface area contributed by atoms with Gasteiger partial charge in [0.25, 0.3) is 5.79 Å². The number of rotatable bonds is 1. The Morgan fingerprint density at radius 3 is 2.69 bits per heavy atom. The number of hydrogen-bond donors (Lipinski definition) is 0. The van der Waals surface area contributed by atoms with Gasteiger partial charge in [-0.25, -0.2) is 0 Å². The topological polar surface area (TPSA) is 67.2 Å². The predicted molar refractivity (Wildman–Crippen MR) is 57.7 cm³/mol. The van der Waals surface area contributed by atoms with Gasteiger partial charge in [0.05, 0.1) is 0 Å². The first kappa shape index (κ1) is 9.36. The van der Waals surface area contributed by atoms with Crippen molar-refractivity contribution in [2.75, 3.05) is 0 Å². The smallest absolute Gasteiger partial charge is 0.251 e. The standard InChI is InChI=1S/C11H11N3O2/c12-14-13-8-3-4-9-10(7-8)16-11(15-9)5-1-2-6-11/h3-4,7H,1-2,5-6H2. The van der Waals surface area contributed by atoms with Gasteiger partial charge in [-0.1, -0.05) is 5.11 Å². The van der Waals surface area contributed by atoms with Crippen LogP contribution in [0.15, 0.2) is 23.3 Å². The van der Waals surface area contributed by atoms with E-state index < -0.39 is 5.79 Å². The van der Waals surface area contributed by atoms with E-state index in [1.54, 1.807) is 18.2 Å². The lowest BCUT2D eigenvalue weighted by molar-refractivity contribution is -0.0716. The van der Waals surface area contributed by atoms with Gasteiger partial charge in [0.2, 0.25) is 0 Å². The van der Waals surface area contributed by atoms with Crippen molar-refractivity contribution in [1.82, 2.24) is 0 Å². The molecule has 0 atom stereocenters. The average Bonchev–Trinajstić information content (AvgIpc) is 2.85. The highest BCUT2D eigenvalue weighted by molar-refractivity contribution is 5.53. The second-order valence-corrected chi connectivity index (χ2v) is 4.14. The summed E-state index contributed by atoms with van der Waals surface area (Å²) in [5.74, 6) is 0.989. The third-order valence-corrected chi connectivity index (χ3v) is 3.04. The Bertz CT molecular complexity index is 474. The molecule has 16 heavy (non-hydrogen) atoms. The van der Waals surface area contributed by atoms with Gasteiger partial charge in [0.1, 0.15) is 0 Å². The summed E-state index contributed by atoms with van der Waals surface area (Å²) in [6.07, 6.45) is 4.13. The molecule has 3 rings (SSSR count). The monoisotopic (exact) mass is 217 g/mol. The number of hydrogen-bond acceptors (Lipinski definition) is 3. The summed E-state index contributed by atoms with van der Waals surface area (Å²) in [4.78, 5) is 2.75. The van der Waals surface area contributed by atoms with Gasteiger partial charge in [0, 0.05) is 23.4 Å². The van der Waals surface area contributed by atoms with Crippen LogP contribution in [-0.2, 0) is 0 Å². The molecule has 0 aromatic heterocycles. The van der Waals surface area contributed by atoms with Crippen LogP contribution >= 0.6 is 0 Å². The van der Waals surface area contributed by atoms with Crippen molar-refractivity contribution in [3.63, 3.8) is 0 Å². The summed E-state index contributed by atoms with van der Waals surface area (Å²) in [5.41, 5.74) is 8.91. The minimum atomic E-state index is -0.447. The van der Waals surface area contributed by atoms with Gasteiger partial charge >= 0.3 is 0 Å². The lowest BCUT2D eigenvalue weighted by Crippen LogP contribution is -2.34. The largest absolute Gasteiger partial charge is 0.448 e. The molecule has 0 radical (unpaired) electrons. The summed E-state index contributed by atoms with van der Waals surface area (Å²) in [5, 5.41) is 3.54. The SMILES string of the molecule is [N-]=[N+]=Nc1ccc2c(c1)OC1(CCCC1)O2. The molecule has 1 aromatic rings. The van der Waals surface area contributed by atoms with Crippen LogP contribution in [0, 0.1) is 0 Å². The molecule has 0 bridgehead atoms. The summed E-state index contributed by atoms with van der Waals surface area (Å²) in [7, 11) is 0. The Labute approximate surface area is 92.6 Å². The number of nitrogens with zero attached hydrogens (tertiary/aromatic N) is 3. The number of ether oxygens (including phenoxy) is 2. The van der Waals surface area contributed by atoms with Crippen LogP contribution in [0.3, 0.4) is 0 Å². The molecule has 5 nitrogen and oxygen atoms in total. The summed E-state index contributed by atoms with van der Waals surface area (Å²) >= 11 is 0. The molecular weight excluding hydrogens is 206 g/mol. The van der Waals surface area contributed by atoms with E-state index in [0.29, 0.717) is 11.4 Å². The molecule has 0 saturated heterocycles. The van der Waals surface area contributed by atoms with Gasteiger partial charge in [-0.15, -0.1) is 0 Å². The highest BCUT2D eigenvalue weighted by Gasteiger charge is 2.43. The minimum Gasteiger partial charge on any atom is -0.448 e. The van der Waals surface area contributed by atoms with Crippen LogP contribution in [0.4, 0.5) is 5.69 Å². The van der Waals surface area contributed by atoms with E-state index >= 15 is 0 Å². The molecule has 82 valence electrons. The molecule has 1 saturated carbocycles. The molecule has 0 N–H and O–H groups in total. The maximum absolute atomic E-state index is 8.36.